The summed E-state index contributed by atoms with van der Waals surface area (Å²) in [7, 11) is 3.36. The summed E-state index contributed by atoms with van der Waals surface area (Å²) < 4.78 is 6.78. The number of aryl methyl sites for hydroxylation is 2. The molecule has 6 heteroatoms. The predicted molar refractivity (Wildman–Crippen MR) is 78.4 cm³/mol. The number of phenols is 1. The quantitative estimate of drug-likeness (QED) is 0.877. The third-order valence-electron chi connectivity index (χ3n) is 3.21. The Morgan fingerprint density at radius 1 is 1.48 bits per heavy atom. The van der Waals surface area contributed by atoms with E-state index in [0.29, 0.717) is 12.3 Å². The summed E-state index contributed by atoms with van der Waals surface area (Å²) in [6.07, 6.45) is 2.68. The van der Waals surface area contributed by atoms with Gasteiger partial charge in [-0.1, -0.05) is 6.92 Å². The zero-order valence-electron chi connectivity index (χ0n) is 12.4. The molecule has 0 fully saturated rings. The molecule has 1 aromatic heterocycles. The van der Waals surface area contributed by atoms with Crippen LogP contribution in [0.5, 0.6) is 11.5 Å². The second-order valence-electron chi connectivity index (χ2n) is 4.69. The Morgan fingerprint density at radius 2 is 2.24 bits per heavy atom. The van der Waals surface area contributed by atoms with Crippen LogP contribution in [0.1, 0.15) is 28.5 Å². The Hall–Kier alpha value is -2.50. The van der Waals surface area contributed by atoms with Crippen molar-refractivity contribution in [2.75, 3.05) is 7.11 Å². The second kappa shape index (κ2) is 6.30. The molecule has 0 aliphatic carbocycles. The number of carbonyl (C=O) groups excluding carboxylic acids is 1. The molecule has 0 unspecified atom stereocenters. The monoisotopic (exact) mass is 289 g/mol. The van der Waals surface area contributed by atoms with Crippen molar-refractivity contribution in [2.24, 2.45) is 7.05 Å². The number of hydrogen-bond donors (Lipinski definition) is 2. The maximum Gasteiger partial charge on any atom is 0.255 e. The predicted octanol–water partition coefficient (Wildman–Crippen LogP) is 1.63. The molecule has 0 saturated carbocycles. The van der Waals surface area contributed by atoms with Crippen LogP contribution in [0.25, 0.3) is 0 Å². The van der Waals surface area contributed by atoms with Crippen LogP contribution in [0.2, 0.25) is 0 Å². The van der Waals surface area contributed by atoms with Gasteiger partial charge in [-0.05, 0) is 24.6 Å². The van der Waals surface area contributed by atoms with Crippen molar-refractivity contribution in [3.8, 4) is 11.5 Å². The number of nitrogens with zero attached hydrogens (tertiary/aromatic N) is 2. The van der Waals surface area contributed by atoms with Crippen LogP contribution in [0.4, 0.5) is 0 Å². The number of methoxy groups -OCH3 is 1. The first-order valence-electron chi connectivity index (χ1n) is 6.71. The molecule has 0 spiro atoms. The highest BCUT2D eigenvalue weighted by Gasteiger charge is 2.13. The van der Waals surface area contributed by atoms with Crippen molar-refractivity contribution < 1.29 is 14.6 Å². The molecule has 1 heterocycles. The normalized spacial score (nSPS) is 10.4. The van der Waals surface area contributed by atoms with Crippen LogP contribution in [0, 0.1) is 0 Å². The molecule has 1 aromatic carbocycles. The molecule has 21 heavy (non-hydrogen) atoms. The first kappa shape index (κ1) is 14.9. The molecule has 0 radical (unpaired) electrons. The summed E-state index contributed by atoms with van der Waals surface area (Å²) in [6.45, 7) is 2.38. The smallest absolute Gasteiger partial charge is 0.255 e. The Bertz CT molecular complexity index is 650. The van der Waals surface area contributed by atoms with Gasteiger partial charge in [-0.2, -0.15) is 5.10 Å². The van der Waals surface area contributed by atoms with Gasteiger partial charge >= 0.3 is 0 Å². The third-order valence-corrected chi connectivity index (χ3v) is 3.21. The van der Waals surface area contributed by atoms with Gasteiger partial charge in [0.15, 0.2) is 0 Å². The molecule has 0 aliphatic heterocycles. The Balaban J connectivity index is 2.11. The first-order valence-corrected chi connectivity index (χ1v) is 6.71. The highest BCUT2D eigenvalue weighted by atomic mass is 16.5. The highest BCUT2D eigenvalue weighted by molar-refractivity contribution is 5.97. The molecule has 112 valence electrons. The summed E-state index contributed by atoms with van der Waals surface area (Å²) >= 11 is 0. The lowest BCUT2D eigenvalue weighted by atomic mass is 10.1. The molecule has 0 aliphatic rings. The lowest BCUT2D eigenvalue weighted by molar-refractivity contribution is 0.0948. The van der Waals surface area contributed by atoms with E-state index in [1.165, 1.54) is 19.2 Å². The minimum absolute atomic E-state index is 0.0739. The molecular formula is C15H19N3O3. The third kappa shape index (κ3) is 3.34. The van der Waals surface area contributed by atoms with Crippen molar-refractivity contribution in [3.63, 3.8) is 0 Å². The maximum absolute atomic E-state index is 12.2. The van der Waals surface area contributed by atoms with Gasteiger partial charge in [0.25, 0.3) is 5.91 Å². The Labute approximate surface area is 123 Å². The van der Waals surface area contributed by atoms with E-state index in [-0.39, 0.29) is 17.2 Å². The van der Waals surface area contributed by atoms with Gasteiger partial charge in [0.2, 0.25) is 0 Å². The van der Waals surface area contributed by atoms with E-state index in [0.717, 1.165) is 17.7 Å². The fraction of sp³-hybridized carbons (Fsp3) is 0.333. The van der Waals surface area contributed by atoms with E-state index in [4.69, 9.17) is 4.74 Å². The molecule has 2 rings (SSSR count). The minimum Gasteiger partial charge on any atom is -0.507 e. The van der Waals surface area contributed by atoms with E-state index in [9.17, 15) is 9.90 Å². The fourth-order valence-electron chi connectivity index (χ4n) is 2.12. The molecule has 2 aromatic rings. The Morgan fingerprint density at radius 3 is 2.90 bits per heavy atom. The van der Waals surface area contributed by atoms with Gasteiger partial charge in [0.05, 0.1) is 18.4 Å². The minimum atomic E-state index is -0.350. The van der Waals surface area contributed by atoms with Crippen LogP contribution < -0.4 is 10.1 Å². The number of rotatable bonds is 5. The van der Waals surface area contributed by atoms with Gasteiger partial charge < -0.3 is 15.2 Å². The molecule has 0 saturated heterocycles. The van der Waals surface area contributed by atoms with Gasteiger partial charge in [0, 0.05) is 25.4 Å². The summed E-state index contributed by atoms with van der Waals surface area (Å²) in [5.41, 5.74) is 2.11. The number of nitrogens with one attached hydrogen (secondary N) is 1. The average Bonchev–Trinajstić information content (AvgIpc) is 2.85. The molecule has 6 nitrogen and oxygen atoms in total. The lowest BCUT2D eigenvalue weighted by Gasteiger charge is -2.08. The summed E-state index contributed by atoms with van der Waals surface area (Å²) in [5.74, 6) is 0.0982. The van der Waals surface area contributed by atoms with Gasteiger partial charge in [-0.25, -0.2) is 0 Å². The fourth-order valence-corrected chi connectivity index (χ4v) is 2.12. The standard InChI is InChI=1S/C15H19N3O3/c1-4-13-10(9-18(2)17-13)8-16-15(20)12-7-11(21-3)5-6-14(12)19/h5-7,9,19H,4,8H2,1-3H3,(H,16,20). The summed E-state index contributed by atoms with van der Waals surface area (Å²) in [5, 5.41) is 16.9. The van der Waals surface area contributed by atoms with E-state index >= 15 is 0 Å². The second-order valence-corrected chi connectivity index (χ2v) is 4.69. The number of carbonyl (C=O) groups is 1. The lowest BCUT2D eigenvalue weighted by Crippen LogP contribution is -2.23. The van der Waals surface area contributed by atoms with Gasteiger partial charge in [-0.15, -0.1) is 0 Å². The van der Waals surface area contributed by atoms with E-state index in [2.05, 4.69) is 10.4 Å². The van der Waals surface area contributed by atoms with E-state index in [1.54, 1.807) is 10.7 Å². The van der Waals surface area contributed by atoms with Crippen molar-refractivity contribution in [2.45, 2.75) is 19.9 Å². The SMILES string of the molecule is CCc1nn(C)cc1CNC(=O)c1cc(OC)ccc1O. The number of aromatic nitrogens is 2. The van der Waals surface area contributed by atoms with Crippen LogP contribution in [0.3, 0.4) is 0 Å². The molecule has 0 atom stereocenters. The van der Waals surface area contributed by atoms with Crippen molar-refractivity contribution in [1.29, 1.82) is 0 Å². The number of ether oxygens (including phenoxy) is 1. The number of phenolic OH excluding ortho intramolecular Hbond substituents is 1. The zero-order chi connectivity index (χ0) is 15.4. The van der Waals surface area contributed by atoms with Crippen molar-refractivity contribution >= 4 is 5.91 Å². The van der Waals surface area contributed by atoms with E-state index < -0.39 is 0 Å². The van der Waals surface area contributed by atoms with Crippen molar-refractivity contribution in [1.82, 2.24) is 15.1 Å². The van der Waals surface area contributed by atoms with Crippen LogP contribution >= 0.6 is 0 Å². The summed E-state index contributed by atoms with van der Waals surface area (Å²) in [6, 6.07) is 4.55. The molecule has 0 bridgehead atoms. The van der Waals surface area contributed by atoms with E-state index in [1.807, 2.05) is 20.2 Å². The number of aromatic hydroxyl groups is 1. The highest BCUT2D eigenvalue weighted by Crippen LogP contribution is 2.22. The first-order chi connectivity index (χ1) is 10.0. The van der Waals surface area contributed by atoms with Gasteiger partial charge in [0.1, 0.15) is 11.5 Å². The molecule has 1 amide bonds. The number of benzene rings is 1. The van der Waals surface area contributed by atoms with Gasteiger partial charge in [-0.3, -0.25) is 9.48 Å². The summed E-state index contributed by atoms with van der Waals surface area (Å²) in [4.78, 5) is 12.2. The largest absolute Gasteiger partial charge is 0.507 e. The van der Waals surface area contributed by atoms with Crippen LogP contribution in [-0.4, -0.2) is 27.9 Å². The zero-order valence-corrected chi connectivity index (χ0v) is 12.4. The molecular weight excluding hydrogens is 270 g/mol. The van der Waals surface area contributed by atoms with Crippen LogP contribution in [-0.2, 0) is 20.0 Å². The molecule has 2 N–H and O–H groups in total. The topological polar surface area (TPSA) is 76.4 Å². The average molecular weight is 289 g/mol. The number of hydrogen-bond acceptors (Lipinski definition) is 4. The maximum atomic E-state index is 12.2. The Kier molecular flexibility index (Phi) is 4.47. The number of amides is 1. The van der Waals surface area contributed by atoms with Crippen molar-refractivity contribution in [3.05, 3.63) is 41.2 Å². The van der Waals surface area contributed by atoms with Crippen LogP contribution in [0.15, 0.2) is 24.4 Å².